The monoisotopic (exact) mass is 476 g/mol. The number of anilines is 2. The minimum Gasteiger partial charge on any atom is -0.481 e. The van der Waals surface area contributed by atoms with Crippen LogP contribution < -0.4 is 10.6 Å². The molecule has 0 spiro atoms. The van der Waals surface area contributed by atoms with Crippen LogP contribution >= 0.6 is 11.6 Å². The number of halogens is 1. The average molecular weight is 477 g/mol. The number of carbonyl (C=O) groups excluding carboxylic acids is 2. The molecule has 6 nitrogen and oxygen atoms in total. The minimum atomic E-state index is -0.956. The number of carboxylic acids is 1. The van der Waals surface area contributed by atoms with E-state index in [0.717, 1.165) is 22.3 Å². The summed E-state index contributed by atoms with van der Waals surface area (Å²) in [5.41, 5.74) is 4.92. The first-order valence-corrected chi connectivity index (χ1v) is 11.4. The van der Waals surface area contributed by atoms with Crippen molar-refractivity contribution in [1.29, 1.82) is 0 Å². The molecular formula is C27H25ClN2O4. The lowest BCUT2D eigenvalue weighted by Gasteiger charge is -2.32. The van der Waals surface area contributed by atoms with Crippen LogP contribution in [0.4, 0.5) is 16.2 Å². The summed E-state index contributed by atoms with van der Waals surface area (Å²) in [5, 5.41) is 15.4. The van der Waals surface area contributed by atoms with Crippen LogP contribution in [0.5, 0.6) is 0 Å². The number of hydrogen-bond donors (Lipinski definition) is 3. The van der Waals surface area contributed by atoms with Gasteiger partial charge >= 0.3 is 12.0 Å². The summed E-state index contributed by atoms with van der Waals surface area (Å²) in [7, 11) is 0. The van der Waals surface area contributed by atoms with Crippen molar-refractivity contribution in [3.8, 4) is 11.1 Å². The molecular weight excluding hydrogens is 452 g/mol. The first-order valence-electron chi connectivity index (χ1n) is 11.0. The van der Waals surface area contributed by atoms with Gasteiger partial charge in [0, 0.05) is 27.4 Å². The Bertz CT molecular complexity index is 1290. The van der Waals surface area contributed by atoms with Crippen LogP contribution in [0, 0.1) is 12.3 Å². The minimum absolute atomic E-state index is 0.106. The number of rotatable bonds is 5. The molecule has 3 aromatic carbocycles. The Balaban J connectivity index is 1.50. The highest BCUT2D eigenvalue weighted by atomic mass is 35.5. The molecule has 2 amide bonds. The predicted molar refractivity (Wildman–Crippen MR) is 134 cm³/mol. The number of urea groups is 1. The van der Waals surface area contributed by atoms with Crippen molar-refractivity contribution < 1.29 is 19.5 Å². The van der Waals surface area contributed by atoms with Crippen molar-refractivity contribution in [3.05, 3.63) is 82.4 Å². The van der Waals surface area contributed by atoms with Gasteiger partial charge in [0.05, 0.1) is 6.42 Å². The van der Waals surface area contributed by atoms with E-state index in [1.807, 2.05) is 37.3 Å². The fourth-order valence-electron chi connectivity index (χ4n) is 4.43. The van der Waals surface area contributed by atoms with Gasteiger partial charge in [-0.2, -0.15) is 0 Å². The zero-order valence-electron chi connectivity index (χ0n) is 18.9. The van der Waals surface area contributed by atoms with E-state index in [1.165, 1.54) is 0 Å². The van der Waals surface area contributed by atoms with Gasteiger partial charge in [-0.15, -0.1) is 0 Å². The maximum atomic E-state index is 13.0. The third-order valence-electron chi connectivity index (χ3n) is 6.28. The Morgan fingerprint density at radius 2 is 1.62 bits per heavy atom. The number of amides is 2. The van der Waals surface area contributed by atoms with Crippen LogP contribution in [0.25, 0.3) is 11.1 Å². The molecule has 4 rings (SSSR count). The standard InChI is InChI=1S/C27H25ClN2O4/c1-16-13-21(30-26(34)29-20-6-4-19(28)5-7-20)8-10-22(16)17-3-9-23-18(14-17)11-12-27(2,25(23)33)15-24(31)32/h3-10,13-14H,11-12,15H2,1-2H3,(H,31,32)(H2,29,30,34). The molecule has 174 valence electrons. The van der Waals surface area contributed by atoms with E-state index in [9.17, 15) is 19.5 Å². The molecule has 0 saturated heterocycles. The third kappa shape index (κ3) is 4.97. The van der Waals surface area contributed by atoms with E-state index >= 15 is 0 Å². The zero-order valence-corrected chi connectivity index (χ0v) is 19.7. The highest BCUT2D eigenvalue weighted by Gasteiger charge is 2.40. The van der Waals surface area contributed by atoms with Crippen molar-refractivity contribution in [2.45, 2.75) is 33.1 Å². The van der Waals surface area contributed by atoms with Gasteiger partial charge in [-0.25, -0.2) is 4.79 Å². The van der Waals surface area contributed by atoms with E-state index < -0.39 is 11.4 Å². The molecule has 3 N–H and O–H groups in total. The number of aliphatic carboxylic acids is 1. The maximum absolute atomic E-state index is 13.0. The van der Waals surface area contributed by atoms with Gasteiger partial charge in [0.1, 0.15) is 0 Å². The lowest BCUT2D eigenvalue weighted by Crippen LogP contribution is -2.35. The van der Waals surface area contributed by atoms with E-state index in [0.29, 0.717) is 34.8 Å². The predicted octanol–water partition coefficient (Wildman–Crippen LogP) is 6.57. The quantitative estimate of drug-likeness (QED) is 0.388. The molecule has 1 aliphatic carbocycles. The molecule has 1 atom stereocenters. The Hall–Kier alpha value is -3.64. The van der Waals surface area contributed by atoms with Gasteiger partial charge in [0.2, 0.25) is 0 Å². The van der Waals surface area contributed by atoms with E-state index in [2.05, 4.69) is 10.6 Å². The Labute approximate surface area is 203 Å². The SMILES string of the molecule is Cc1cc(NC(=O)Nc2ccc(Cl)cc2)ccc1-c1ccc2c(c1)CCC(C)(CC(=O)O)C2=O. The van der Waals surface area contributed by atoms with Crippen molar-refractivity contribution in [3.63, 3.8) is 0 Å². The summed E-state index contributed by atoms with van der Waals surface area (Å²) in [6, 6.07) is 17.9. The average Bonchev–Trinajstić information content (AvgIpc) is 2.77. The van der Waals surface area contributed by atoms with Crippen LogP contribution in [-0.2, 0) is 11.2 Å². The fourth-order valence-corrected chi connectivity index (χ4v) is 4.56. The van der Waals surface area contributed by atoms with Gasteiger partial charge in [0.15, 0.2) is 5.78 Å². The molecule has 0 heterocycles. The van der Waals surface area contributed by atoms with Gasteiger partial charge in [-0.3, -0.25) is 9.59 Å². The normalized spacial score (nSPS) is 17.1. The maximum Gasteiger partial charge on any atom is 0.323 e. The molecule has 34 heavy (non-hydrogen) atoms. The number of hydrogen-bond acceptors (Lipinski definition) is 3. The van der Waals surface area contributed by atoms with Gasteiger partial charge in [0.25, 0.3) is 0 Å². The molecule has 0 radical (unpaired) electrons. The smallest absolute Gasteiger partial charge is 0.323 e. The van der Waals surface area contributed by atoms with Crippen LogP contribution in [0.3, 0.4) is 0 Å². The Kier molecular flexibility index (Phi) is 6.44. The number of aryl methyl sites for hydroxylation is 2. The summed E-state index contributed by atoms with van der Waals surface area (Å²) in [5.74, 6) is -1.06. The molecule has 3 aromatic rings. The number of nitrogens with one attached hydrogen (secondary N) is 2. The Morgan fingerprint density at radius 3 is 2.29 bits per heavy atom. The van der Waals surface area contributed by atoms with Crippen LogP contribution in [0.1, 0.15) is 41.3 Å². The molecule has 0 bridgehead atoms. The first-order chi connectivity index (χ1) is 16.1. The fraction of sp³-hybridized carbons (Fsp3) is 0.222. The summed E-state index contributed by atoms with van der Waals surface area (Å²) in [6.07, 6.45) is 1.01. The summed E-state index contributed by atoms with van der Waals surface area (Å²) in [6.45, 7) is 3.70. The van der Waals surface area contributed by atoms with Crippen molar-refractivity contribution in [2.24, 2.45) is 5.41 Å². The molecule has 0 aromatic heterocycles. The second-order valence-corrected chi connectivity index (χ2v) is 9.38. The lowest BCUT2D eigenvalue weighted by atomic mass is 9.69. The number of carboxylic acid groups (broad SMARTS) is 1. The van der Waals surface area contributed by atoms with Crippen LogP contribution in [0.15, 0.2) is 60.7 Å². The number of benzene rings is 3. The molecule has 1 unspecified atom stereocenters. The zero-order chi connectivity index (χ0) is 24.5. The summed E-state index contributed by atoms with van der Waals surface area (Å²) >= 11 is 5.87. The number of Topliss-reactive ketones (excluding diaryl/α,β-unsaturated/α-hetero) is 1. The van der Waals surface area contributed by atoms with Crippen molar-refractivity contribution in [1.82, 2.24) is 0 Å². The molecule has 0 saturated carbocycles. The lowest BCUT2D eigenvalue weighted by molar-refractivity contribution is -0.139. The largest absolute Gasteiger partial charge is 0.481 e. The van der Waals surface area contributed by atoms with Gasteiger partial charge in [-0.05, 0) is 78.4 Å². The number of carbonyl (C=O) groups is 3. The number of fused-ring (bicyclic) bond motifs is 1. The second kappa shape index (κ2) is 9.31. The summed E-state index contributed by atoms with van der Waals surface area (Å²) in [4.78, 5) is 36.5. The van der Waals surface area contributed by atoms with E-state index in [4.69, 9.17) is 11.6 Å². The summed E-state index contributed by atoms with van der Waals surface area (Å²) < 4.78 is 0. The van der Waals surface area contributed by atoms with Crippen LogP contribution in [0.2, 0.25) is 5.02 Å². The van der Waals surface area contributed by atoms with Crippen molar-refractivity contribution in [2.75, 3.05) is 10.6 Å². The van der Waals surface area contributed by atoms with Crippen molar-refractivity contribution >= 4 is 40.8 Å². The molecule has 7 heteroatoms. The van der Waals surface area contributed by atoms with Gasteiger partial charge in [-0.1, -0.05) is 42.8 Å². The van der Waals surface area contributed by atoms with Gasteiger partial charge < -0.3 is 15.7 Å². The topological polar surface area (TPSA) is 95.5 Å². The molecule has 1 aliphatic rings. The third-order valence-corrected chi connectivity index (χ3v) is 6.53. The second-order valence-electron chi connectivity index (χ2n) is 8.95. The molecule has 0 aliphatic heterocycles. The van der Waals surface area contributed by atoms with E-state index in [-0.39, 0.29) is 18.2 Å². The number of ketones is 1. The molecule has 0 fully saturated rings. The first kappa shape index (κ1) is 23.5. The highest BCUT2D eigenvalue weighted by molar-refractivity contribution is 6.30. The Morgan fingerprint density at radius 1 is 0.971 bits per heavy atom. The highest BCUT2D eigenvalue weighted by Crippen LogP contribution is 2.39. The van der Waals surface area contributed by atoms with Crippen LogP contribution in [-0.4, -0.2) is 22.9 Å². The van der Waals surface area contributed by atoms with E-state index in [1.54, 1.807) is 37.3 Å².